The summed E-state index contributed by atoms with van der Waals surface area (Å²) in [5, 5.41) is 9.06. The molecule has 0 fully saturated rings. The van der Waals surface area contributed by atoms with Crippen LogP contribution >= 0.6 is 0 Å². The third-order valence-corrected chi connectivity index (χ3v) is 6.47. The third-order valence-electron chi connectivity index (χ3n) is 6.47. The fraction of sp³-hybridized carbons (Fsp3) is 0.379. The smallest absolute Gasteiger partial charge is 0.307 e. The van der Waals surface area contributed by atoms with Crippen LogP contribution in [-0.2, 0) is 26.2 Å². The number of hydrogen-bond donors (Lipinski definition) is 2. The summed E-state index contributed by atoms with van der Waals surface area (Å²) >= 11 is 0. The molecule has 3 aromatic carbocycles. The maximum absolute atomic E-state index is 12.6. The first kappa shape index (κ1) is 25.4. The van der Waals surface area contributed by atoms with Gasteiger partial charge in [-0.15, -0.1) is 0 Å². The van der Waals surface area contributed by atoms with E-state index in [1.165, 1.54) is 29.0 Å². The number of fused-ring (bicyclic) bond motifs is 1. The average molecular weight is 461 g/mol. The molecule has 0 saturated carbocycles. The molecule has 0 aliphatic carbocycles. The van der Waals surface area contributed by atoms with Crippen LogP contribution in [0.25, 0.3) is 10.8 Å². The quantitative estimate of drug-likeness (QED) is 0.309. The van der Waals surface area contributed by atoms with E-state index in [2.05, 4.69) is 76.9 Å². The Bertz CT molecular complexity index is 1100. The van der Waals surface area contributed by atoms with Crippen molar-refractivity contribution in [1.29, 1.82) is 0 Å². The lowest BCUT2D eigenvalue weighted by Crippen LogP contribution is -2.40. The second-order valence-corrected chi connectivity index (χ2v) is 9.25. The minimum Gasteiger partial charge on any atom is -0.469 e. The number of aryl methyl sites for hydroxylation is 1. The first-order valence-corrected chi connectivity index (χ1v) is 12.0. The summed E-state index contributed by atoms with van der Waals surface area (Å²) in [6, 6.07) is 23.5. The molecule has 1 atom stereocenters. The predicted molar refractivity (Wildman–Crippen MR) is 138 cm³/mol. The minimum atomic E-state index is -0.676. The van der Waals surface area contributed by atoms with Gasteiger partial charge in [0.1, 0.15) is 0 Å². The summed E-state index contributed by atoms with van der Waals surface area (Å²) in [6.07, 6.45) is 2.18. The number of esters is 1. The van der Waals surface area contributed by atoms with E-state index in [1.807, 2.05) is 26.0 Å². The molecule has 34 heavy (non-hydrogen) atoms. The average Bonchev–Trinajstić information content (AvgIpc) is 2.86. The fourth-order valence-electron chi connectivity index (χ4n) is 4.17. The molecule has 0 aliphatic rings. The second kappa shape index (κ2) is 11.8. The Kier molecular flexibility index (Phi) is 8.83. The van der Waals surface area contributed by atoms with Gasteiger partial charge in [-0.1, -0.05) is 66.7 Å². The van der Waals surface area contributed by atoms with E-state index < -0.39 is 5.41 Å². The van der Waals surface area contributed by atoms with Crippen LogP contribution in [0, 0.1) is 0 Å². The van der Waals surface area contributed by atoms with Crippen molar-refractivity contribution in [3.05, 3.63) is 83.4 Å². The van der Waals surface area contributed by atoms with Gasteiger partial charge in [-0.05, 0) is 67.6 Å². The molecular formula is C29H36N2O3. The third kappa shape index (κ3) is 6.45. The largest absolute Gasteiger partial charge is 0.469 e. The van der Waals surface area contributed by atoms with Crippen molar-refractivity contribution in [2.45, 2.75) is 51.5 Å². The van der Waals surface area contributed by atoms with Crippen molar-refractivity contribution in [3.8, 4) is 0 Å². The number of carbonyl (C=O) groups excluding carboxylic acids is 2. The molecule has 0 heterocycles. The molecule has 180 valence electrons. The van der Waals surface area contributed by atoms with E-state index in [0.717, 1.165) is 24.9 Å². The van der Waals surface area contributed by atoms with Crippen molar-refractivity contribution < 1.29 is 14.3 Å². The normalized spacial score (nSPS) is 12.4. The summed E-state index contributed by atoms with van der Waals surface area (Å²) in [7, 11) is 1.34. The summed E-state index contributed by atoms with van der Waals surface area (Å²) in [5.74, 6) is -0.431. The molecule has 0 aliphatic heterocycles. The monoisotopic (exact) mass is 460 g/mol. The second-order valence-electron chi connectivity index (χ2n) is 9.25. The van der Waals surface area contributed by atoms with Gasteiger partial charge in [0, 0.05) is 12.6 Å². The zero-order chi connectivity index (χ0) is 24.6. The number of ether oxygens (including phenoxy) is 1. The molecule has 3 rings (SSSR count). The van der Waals surface area contributed by atoms with Gasteiger partial charge in [-0.2, -0.15) is 0 Å². The molecule has 0 aromatic heterocycles. The highest BCUT2D eigenvalue weighted by Gasteiger charge is 2.29. The van der Waals surface area contributed by atoms with E-state index in [4.69, 9.17) is 0 Å². The fourth-order valence-corrected chi connectivity index (χ4v) is 4.17. The Hall–Kier alpha value is -3.18. The number of rotatable bonds is 11. The Morgan fingerprint density at radius 2 is 1.65 bits per heavy atom. The zero-order valence-corrected chi connectivity index (χ0v) is 20.7. The highest BCUT2D eigenvalue weighted by molar-refractivity contribution is 5.87. The predicted octanol–water partition coefficient (Wildman–Crippen LogP) is 5.08. The van der Waals surface area contributed by atoms with Crippen LogP contribution < -0.4 is 10.6 Å². The van der Waals surface area contributed by atoms with Crippen molar-refractivity contribution in [3.63, 3.8) is 0 Å². The first-order valence-electron chi connectivity index (χ1n) is 12.0. The summed E-state index contributed by atoms with van der Waals surface area (Å²) < 4.78 is 4.61. The van der Waals surface area contributed by atoms with Gasteiger partial charge >= 0.3 is 5.97 Å². The van der Waals surface area contributed by atoms with Crippen molar-refractivity contribution >= 4 is 22.6 Å². The molecule has 0 radical (unpaired) electrons. The summed E-state index contributed by atoms with van der Waals surface area (Å²) in [5.41, 5.74) is 2.86. The Morgan fingerprint density at radius 3 is 2.38 bits per heavy atom. The molecule has 0 unspecified atom stereocenters. The highest BCUT2D eigenvalue weighted by atomic mass is 16.5. The molecule has 1 amide bonds. The number of methoxy groups -OCH3 is 1. The number of hydrogen-bond acceptors (Lipinski definition) is 4. The van der Waals surface area contributed by atoms with Crippen LogP contribution in [0.1, 0.15) is 56.3 Å². The lowest BCUT2D eigenvalue weighted by Gasteiger charge is -2.24. The minimum absolute atomic E-state index is 0.101. The van der Waals surface area contributed by atoms with Gasteiger partial charge in [0.05, 0.1) is 18.9 Å². The molecule has 0 spiro atoms. The van der Waals surface area contributed by atoms with Crippen LogP contribution in [0.4, 0.5) is 0 Å². The summed E-state index contributed by atoms with van der Waals surface area (Å²) in [6.45, 7) is 7.22. The summed E-state index contributed by atoms with van der Waals surface area (Å²) in [4.78, 5) is 23.9. The number of amides is 1. The molecule has 3 aromatic rings. The van der Waals surface area contributed by atoms with Gasteiger partial charge in [-0.25, -0.2) is 0 Å². The van der Waals surface area contributed by atoms with Gasteiger partial charge < -0.3 is 15.4 Å². The van der Waals surface area contributed by atoms with Gasteiger partial charge in [0.15, 0.2) is 0 Å². The van der Waals surface area contributed by atoms with E-state index >= 15 is 0 Å². The van der Waals surface area contributed by atoms with Crippen LogP contribution in [0.15, 0.2) is 66.7 Å². The molecule has 5 heteroatoms. The van der Waals surface area contributed by atoms with E-state index in [9.17, 15) is 9.59 Å². The number of benzene rings is 3. The Labute approximate surface area is 202 Å². The lowest BCUT2D eigenvalue weighted by atomic mass is 9.83. The van der Waals surface area contributed by atoms with E-state index in [1.54, 1.807) is 0 Å². The zero-order valence-electron chi connectivity index (χ0n) is 20.7. The first-order chi connectivity index (χ1) is 16.3. The van der Waals surface area contributed by atoms with Gasteiger partial charge in [-0.3, -0.25) is 9.59 Å². The number of nitrogens with one attached hydrogen (secondary N) is 2. The van der Waals surface area contributed by atoms with Crippen molar-refractivity contribution in [2.75, 3.05) is 20.2 Å². The SMILES string of the molecule is COC(=O)CCNC(=O)C(C)(C)c1ccc(CCCN[C@H](C)c2cccc3ccccc23)cc1. The maximum atomic E-state index is 12.6. The Morgan fingerprint density at radius 1 is 0.941 bits per heavy atom. The molecular weight excluding hydrogens is 424 g/mol. The van der Waals surface area contributed by atoms with E-state index in [0.29, 0.717) is 0 Å². The number of carbonyl (C=O) groups is 2. The molecule has 2 N–H and O–H groups in total. The van der Waals surface area contributed by atoms with Gasteiger partial charge in [0.25, 0.3) is 0 Å². The van der Waals surface area contributed by atoms with Crippen LogP contribution in [-0.4, -0.2) is 32.1 Å². The van der Waals surface area contributed by atoms with E-state index in [-0.39, 0.29) is 30.9 Å². The standard InChI is InChI=1S/C29H36N2O3/c1-21(25-13-7-11-23-10-5-6-12-26(23)25)30-19-8-9-22-14-16-24(17-15-22)29(2,3)28(33)31-20-18-27(32)34-4/h5-7,10-17,21,30H,8-9,18-20H2,1-4H3,(H,31,33)/t21-/m1/s1. The highest BCUT2D eigenvalue weighted by Crippen LogP contribution is 2.25. The molecule has 0 saturated heterocycles. The lowest BCUT2D eigenvalue weighted by molar-refractivity contribution is -0.140. The van der Waals surface area contributed by atoms with Crippen LogP contribution in [0.5, 0.6) is 0 Å². The van der Waals surface area contributed by atoms with Crippen molar-refractivity contribution in [2.24, 2.45) is 0 Å². The molecule has 0 bridgehead atoms. The maximum Gasteiger partial charge on any atom is 0.307 e. The van der Waals surface area contributed by atoms with Gasteiger partial charge in [0.2, 0.25) is 5.91 Å². The topological polar surface area (TPSA) is 67.4 Å². The Balaban J connectivity index is 1.48. The van der Waals surface area contributed by atoms with Crippen LogP contribution in [0.2, 0.25) is 0 Å². The molecule has 5 nitrogen and oxygen atoms in total. The van der Waals surface area contributed by atoms with Crippen molar-refractivity contribution in [1.82, 2.24) is 10.6 Å². The van der Waals surface area contributed by atoms with Crippen LogP contribution in [0.3, 0.4) is 0 Å².